The van der Waals surface area contributed by atoms with Crippen LogP contribution >= 0.6 is 23.4 Å². The summed E-state index contributed by atoms with van der Waals surface area (Å²) in [5.74, 6) is -2.10. The van der Waals surface area contributed by atoms with Crippen LogP contribution in [0.15, 0.2) is 46.3 Å². The molecule has 9 nitrogen and oxygen atoms in total. The van der Waals surface area contributed by atoms with Crippen LogP contribution in [-0.2, 0) is 9.59 Å². The van der Waals surface area contributed by atoms with Crippen LogP contribution < -0.4 is 14.8 Å². The molecule has 1 aliphatic rings. The minimum Gasteiger partial charge on any atom is -0.493 e. The smallest absolute Gasteiger partial charge is 0.341 e. The molecule has 0 atom stereocenters. The van der Waals surface area contributed by atoms with Gasteiger partial charge in [-0.05, 0) is 53.7 Å². The standard InChI is InChI=1S/C20H15ClN2O7S/c1-29-15-6-10(2-5-14(15)30-9-17(24)25)7-16-18(26)23-20(31-16)22-11-3-4-13(21)12(8-11)19(27)28/h2-8H,9H2,1H3,(H,24,25)(H,27,28)(H,22,23,26). The maximum Gasteiger partial charge on any atom is 0.341 e. The van der Waals surface area contributed by atoms with Crippen molar-refractivity contribution in [3.8, 4) is 11.5 Å². The number of carboxylic acids is 2. The van der Waals surface area contributed by atoms with E-state index in [0.717, 1.165) is 11.8 Å². The van der Waals surface area contributed by atoms with Crippen molar-refractivity contribution in [3.05, 3.63) is 57.5 Å². The lowest BCUT2D eigenvalue weighted by Crippen LogP contribution is -2.19. The highest BCUT2D eigenvalue weighted by molar-refractivity contribution is 8.18. The molecular weight excluding hydrogens is 448 g/mol. The number of hydrogen-bond acceptors (Lipinski definition) is 7. The molecule has 0 saturated carbocycles. The summed E-state index contributed by atoms with van der Waals surface area (Å²) in [5, 5.41) is 20.9. The highest BCUT2D eigenvalue weighted by Crippen LogP contribution is 2.32. The lowest BCUT2D eigenvalue weighted by Gasteiger charge is -2.09. The van der Waals surface area contributed by atoms with Gasteiger partial charge in [0.15, 0.2) is 23.3 Å². The summed E-state index contributed by atoms with van der Waals surface area (Å²) in [7, 11) is 1.42. The number of carbonyl (C=O) groups is 3. The topological polar surface area (TPSA) is 135 Å². The molecular formula is C20H15ClN2O7S. The zero-order valence-corrected chi connectivity index (χ0v) is 17.5. The van der Waals surface area contributed by atoms with Gasteiger partial charge in [0.1, 0.15) is 0 Å². The summed E-state index contributed by atoms with van der Waals surface area (Å²) >= 11 is 6.93. The Kier molecular flexibility index (Phi) is 6.83. The van der Waals surface area contributed by atoms with Crippen molar-refractivity contribution in [1.82, 2.24) is 5.32 Å². The molecule has 3 rings (SSSR count). The van der Waals surface area contributed by atoms with Crippen LogP contribution in [0.4, 0.5) is 5.69 Å². The normalized spacial score (nSPS) is 15.7. The molecule has 0 aliphatic carbocycles. The van der Waals surface area contributed by atoms with E-state index in [1.807, 2.05) is 0 Å². The molecule has 2 aromatic carbocycles. The molecule has 0 spiro atoms. The molecule has 1 fully saturated rings. The molecule has 1 saturated heterocycles. The van der Waals surface area contributed by atoms with Crippen LogP contribution in [0.3, 0.4) is 0 Å². The molecule has 1 amide bonds. The van der Waals surface area contributed by atoms with Gasteiger partial charge in [-0.15, -0.1) is 0 Å². The Balaban J connectivity index is 1.81. The van der Waals surface area contributed by atoms with Gasteiger partial charge in [-0.25, -0.2) is 14.6 Å². The predicted octanol–water partition coefficient (Wildman–Crippen LogP) is 3.40. The van der Waals surface area contributed by atoms with Crippen molar-refractivity contribution >= 4 is 58.1 Å². The Labute approximate surface area is 185 Å². The third-order valence-electron chi connectivity index (χ3n) is 3.90. The SMILES string of the molecule is COc1cc(C=C2SC(=Nc3ccc(Cl)c(C(=O)O)c3)NC2=O)ccc1OCC(=O)O. The number of amidine groups is 1. The first-order valence-electron chi connectivity index (χ1n) is 8.62. The highest BCUT2D eigenvalue weighted by Gasteiger charge is 2.24. The van der Waals surface area contributed by atoms with E-state index >= 15 is 0 Å². The minimum atomic E-state index is -1.18. The van der Waals surface area contributed by atoms with Gasteiger partial charge in [-0.2, -0.15) is 0 Å². The Morgan fingerprint density at radius 3 is 2.65 bits per heavy atom. The number of carbonyl (C=O) groups excluding carboxylic acids is 1. The van der Waals surface area contributed by atoms with Gasteiger partial charge in [0.25, 0.3) is 5.91 Å². The van der Waals surface area contributed by atoms with Crippen LogP contribution in [0.2, 0.25) is 5.02 Å². The van der Waals surface area contributed by atoms with Gasteiger partial charge in [0.2, 0.25) is 0 Å². The fraction of sp³-hybridized carbons (Fsp3) is 0.100. The molecule has 11 heteroatoms. The number of hydrogen-bond donors (Lipinski definition) is 3. The number of ether oxygens (including phenoxy) is 2. The third kappa shape index (κ3) is 5.56. The largest absolute Gasteiger partial charge is 0.493 e. The molecule has 160 valence electrons. The lowest BCUT2D eigenvalue weighted by molar-refractivity contribution is -0.139. The van der Waals surface area contributed by atoms with E-state index < -0.39 is 18.5 Å². The van der Waals surface area contributed by atoms with Crippen LogP contribution in [-0.4, -0.2) is 46.9 Å². The summed E-state index contributed by atoms with van der Waals surface area (Å²) < 4.78 is 10.4. The van der Waals surface area contributed by atoms with E-state index in [1.54, 1.807) is 24.3 Å². The van der Waals surface area contributed by atoms with E-state index in [4.69, 9.17) is 31.3 Å². The molecule has 0 unspecified atom stereocenters. The Bertz CT molecular complexity index is 1130. The van der Waals surface area contributed by atoms with Crippen LogP contribution in [0, 0.1) is 0 Å². The second kappa shape index (κ2) is 9.54. The summed E-state index contributed by atoms with van der Waals surface area (Å²) in [6.07, 6.45) is 1.61. The number of nitrogens with zero attached hydrogens (tertiary/aromatic N) is 1. The minimum absolute atomic E-state index is 0.0878. The molecule has 0 aromatic heterocycles. The molecule has 0 bridgehead atoms. The monoisotopic (exact) mass is 462 g/mol. The number of aliphatic imine (C=N–C) groups is 1. The van der Waals surface area contributed by atoms with E-state index in [-0.39, 0.29) is 27.4 Å². The maximum absolute atomic E-state index is 12.3. The number of nitrogens with one attached hydrogen (secondary N) is 1. The Morgan fingerprint density at radius 1 is 1.19 bits per heavy atom. The molecule has 1 aliphatic heterocycles. The van der Waals surface area contributed by atoms with E-state index in [9.17, 15) is 14.4 Å². The van der Waals surface area contributed by atoms with Gasteiger partial charge in [-0.1, -0.05) is 17.7 Å². The molecule has 0 radical (unpaired) electrons. The average Bonchev–Trinajstić information content (AvgIpc) is 3.06. The quantitative estimate of drug-likeness (QED) is 0.533. The molecule has 31 heavy (non-hydrogen) atoms. The Hall–Kier alpha value is -3.50. The second-order valence-electron chi connectivity index (χ2n) is 6.04. The summed E-state index contributed by atoms with van der Waals surface area (Å²) in [5.41, 5.74) is 0.858. The highest BCUT2D eigenvalue weighted by atomic mass is 35.5. The number of benzene rings is 2. The predicted molar refractivity (Wildman–Crippen MR) is 115 cm³/mol. The van der Waals surface area contributed by atoms with Crippen molar-refractivity contribution in [2.75, 3.05) is 13.7 Å². The molecule has 3 N–H and O–H groups in total. The first kappa shape index (κ1) is 22.2. The van der Waals surface area contributed by atoms with Gasteiger partial charge in [0, 0.05) is 0 Å². The van der Waals surface area contributed by atoms with Crippen molar-refractivity contribution in [2.45, 2.75) is 0 Å². The fourth-order valence-electron chi connectivity index (χ4n) is 2.53. The van der Waals surface area contributed by atoms with Gasteiger partial charge in [-0.3, -0.25) is 4.79 Å². The van der Waals surface area contributed by atoms with Crippen molar-refractivity contribution < 1.29 is 34.1 Å². The summed E-state index contributed by atoms with van der Waals surface area (Å²) in [4.78, 5) is 38.8. The van der Waals surface area contributed by atoms with Crippen LogP contribution in [0.1, 0.15) is 15.9 Å². The molecule has 1 heterocycles. The van der Waals surface area contributed by atoms with Crippen molar-refractivity contribution in [3.63, 3.8) is 0 Å². The van der Waals surface area contributed by atoms with Gasteiger partial charge < -0.3 is 25.0 Å². The van der Waals surface area contributed by atoms with Crippen molar-refractivity contribution in [1.29, 1.82) is 0 Å². The first-order chi connectivity index (χ1) is 14.8. The number of halogens is 1. The second-order valence-corrected chi connectivity index (χ2v) is 7.48. The summed E-state index contributed by atoms with van der Waals surface area (Å²) in [6.45, 7) is -0.511. The number of amides is 1. The first-order valence-corrected chi connectivity index (χ1v) is 9.81. The van der Waals surface area contributed by atoms with E-state index in [2.05, 4.69) is 10.3 Å². The van der Waals surface area contributed by atoms with E-state index in [1.165, 1.54) is 25.3 Å². The fourth-order valence-corrected chi connectivity index (χ4v) is 3.57. The number of rotatable bonds is 7. The zero-order valence-electron chi connectivity index (χ0n) is 15.9. The summed E-state index contributed by atoms with van der Waals surface area (Å²) in [6, 6.07) is 9.06. The molecule has 2 aromatic rings. The zero-order chi connectivity index (χ0) is 22.5. The number of aliphatic carboxylic acids is 1. The van der Waals surface area contributed by atoms with Gasteiger partial charge in [0.05, 0.1) is 28.3 Å². The van der Waals surface area contributed by atoms with Crippen LogP contribution in [0.25, 0.3) is 6.08 Å². The third-order valence-corrected chi connectivity index (χ3v) is 5.14. The number of carboxylic acid groups (broad SMARTS) is 2. The van der Waals surface area contributed by atoms with Crippen LogP contribution in [0.5, 0.6) is 11.5 Å². The van der Waals surface area contributed by atoms with Gasteiger partial charge >= 0.3 is 11.9 Å². The number of methoxy groups -OCH3 is 1. The number of aromatic carboxylic acids is 1. The van der Waals surface area contributed by atoms with E-state index in [0.29, 0.717) is 21.9 Å². The Morgan fingerprint density at radius 2 is 1.97 bits per heavy atom. The average molecular weight is 463 g/mol. The van der Waals surface area contributed by atoms with Crippen molar-refractivity contribution in [2.24, 2.45) is 4.99 Å². The number of thioether (sulfide) groups is 1. The maximum atomic E-state index is 12.3. The lowest BCUT2D eigenvalue weighted by atomic mass is 10.2.